The zero-order valence-electron chi connectivity index (χ0n) is 11.2. The van der Waals surface area contributed by atoms with Gasteiger partial charge < -0.3 is 10.1 Å². The second kappa shape index (κ2) is 4.85. The van der Waals surface area contributed by atoms with Gasteiger partial charge in [0, 0.05) is 10.4 Å². The van der Waals surface area contributed by atoms with Crippen molar-refractivity contribution in [3.05, 3.63) is 40.3 Å². The molecule has 0 radical (unpaired) electrons. The van der Waals surface area contributed by atoms with Crippen LogP contribution in [-0.2, 0) is 0 Å². The summed E-state index contributed by atoms with van der Waals surface area (Å²) in [5.41, 5.74) is 3.37. The Kier molecular flexibility index (Phi) is 3.16. The summed E-state index contributed by atoms with van der Waals surface area (Å²) in [6, 6.07) is 7.33. The zero-order chi connectivity index (χ0) is 14.3. The molecule has 3 aromatic rings. The van der Waals surface area contributed by atoms with Crippen molar-refractivity contribution in [1.82, 2.24) is 9.97 Å². The van der Waals surface area contributed by atoms with E-state index < -0.39 is 6.61 Å². The standard InChI is InChI=1S/C15H14N2O2S/c1-8-5-14(20-9(8)2)15-16-11-4-3-10(13(19)7-18)6-12(11)17-15/h3-6,18H,7H2,1-2H3,(H,16,17). The first-order valence-electron chi connectivity index (χ1n) is 6.29. The number of aryl methyl sites for hydroxylation is 2. The van der Waals surface area contributed by atoms with Gasteiger partial charge in [0.1, 0.15) is 12.4 Å². The Bertz CT molecular complexity index is 782. The van der Waals surface area contributed by atoms with E-state index in [-0.39, 0.29) is 5.78 Å². The molecule has 0 aliphatic rings. The van der Waals surface area contributed by atoms with Crippen molar-refractivity contribution in [2.75, 3.05) is 6.61 Å². The van der Waals surface area contributed by atoms with Gasteiger partial charge in [0.05, 0.1) is 15.9 Å². The minimum absolute atomic E-state index is 0.286. The van der Waals surface area contributed by atoms with Gasteiger partial charge in [0.25, 0.3) is 0 Å². The van der Waals surface area contributed by atoms with Crippen LogP contribution in [-0.4, -0.2) is 27.5 Å². The molecule has 2 heterocycles. The molecule has 1 aromatic carbocycles. The van der Waals surface area contributed by atoms with Crippen LogP contribution >= 0.6 is 11.3 Å². The molecule has 0 saturated heterocycles. The van der Waals surface area contributed by atoms with Crippen molar-refractivity contribution in [3.63, 3.8) is 0 Å². The Labute approximate surface area is 120 Å². The summed E-state index contributed by atoms with van der Waals surface area (Å²) in [5, 5.41) is 8.90. The number of aromatic amines is 1. The predicted octanol–water partition coefficient (Wildman–Crippen LogP) is 3.08. The second-order valence-corrected chi connectivity index (χ2v) is 6.00. The fourth-order valence-corrected chi connectivity index (χ4v) is 3.06. The van der Waals surface area contributed by atoms with Gasteiger partial charge in [-0.25, -0.2) is 4.98 Å². The number of fused-ring (bicyclic) bond motifs is 1. The molecular weight excluding hydrogens is 272 g/mol. The van der Waals surface area contributed by atoms with E-state index in [1.807, 2.05) is 0 Å². The molecule has 0 fully saturated rings. The molecule has 0 aliphatic carbocycles. The lowest BCUT2D eigenvalue weighted by atomic mass is 10.1. The van der Waals surface area contributed by atoms with Crippen LogP contribution in [0.3, 0.4) is 0 Å². The molecule has 0 unspecified atom stereocenters. The van der Waals surface area contributed by atoms with Crippen molar-refractivity contribution in [2.45, 2.75) is 13.8 Å². The number of hydrogen-bond donors (Lipinski definition) is 2. The lowest BCUT2D eigenvalue weighted by Crippen LogP contribution is -2.03. The van der Waals surface area contributed by atoms with Crippen molar-refractivity contribution in [3.8, 4) is 10.7 Å². The molecule has 0 spiro atoms. The van der Waals surface area contributed by atoms with Gasteiger partial charge in [-0.05, 0) is 43.7 Å². The molecule has 0 aliphatic heterocycles. The predicted molar refractivity (Wildman–Crippen MR) is 80.3 cm³/mol. The minimum Gasteiger partial charge on any atom is -0.388 e. The number of carbonyl (C=O) groups is 1. The maximum atomic E-state index is 11.5. The van der Waals surface area contributed by atoms with Crippen LogP contribution < -0.4 is 0 Å². The summed E-state index contributed by atoms with van der Waals surface area (Å²) in [6.07, 6.45) is 0. The second-order valence-electron chi connectivity index (χ2n) is 4.75. The highest BCUT2D eigenvalue weighted by Crippen LogP contribution is 2.30. The molecule has 2 aromatic heterocycles. The van der Waals surface area contributed by atoms with Gasteiger partial charge in [0.2, 0.25) is 0 Å². The summed E-state index contributed by atoms with van der Waals surface area (Å²) in [5.74, 6) is 0.528. The number of imidazole rings is 1. The van der Waals surface area contributed by atoms with Crippen LogP contribution in [0.2, 0.25) is 0 Å². The molecule has 0 saturated carbocycles. The van der Waals surface area contributed by atoms with Crippen molar-refractivity contribution in [2.24, 2.45) is 0 Å². The van der Waals surface area contributed by atoms with E-state index in [0.29, 0.717) is 5.56 Å². The van der Waals surface area contributed by atoms with E-state index in [1.165, 1.54) is 10.4 Å². The number of thiophene rings is 1. The van der Waals surface area contributed by atoms with Gasteiger partial charge in [-0.1, -0.05) is 0 Å². The number of Topliss-reactive ketones (excluding diaryl/α,β-unsaturated/α-hetero) is 1. The van der Waals surface area contributed by atoms with Crippen molar-refractivity contribution < 1.29 is 9.90 Å². The molecule has 20 heavy (non-hydrogen) atoms. The number of carbonyl (C=O) groups excluding carboxylic acids is 1. The number of H-pyrrole nitrogens is 1. The monoisotopic (exact) mass is 286 g/mol. The Balaban J connectivity index is 2.08. The number of ketones is 1. The smallest absolute Gasteiger partial charge is 0.188 e. The molecule has 2 N–H and O–H groups in total. The number of hydrogen-bond acceptors (Lipinski definition) is 4. The van der Waals surface area contributed by atoms with Gasteiger partial charge in [-0.15, -0.1) is 11.3 Å². The zero-order valence-corrected chi connectivity index (χ0v) is 12.0. The number of aliphatic hydroxyl groups is 1. The molecule has 4 nitrogen and oxygen atoms in total. The maximum Gasteiger partial charge on any atom is 0.188 e. The topological polar surface area (TPSA) is 66.0 Å². The van der Waals surface area contributed by atoms with Gasteiger partial charge >= 0.3 is 0 Å². The van der Waals surface area contributed by atoms with E-state index in [9.17, 15) is 4.79 Å². The Morgan fingerprint density at radius 2 is 2.15 bits per heavy atom. The quantitative estimate of drug-likeness (QED) is 0.727. The first-order valence-corrected chi connectivity index (χ1v) is 7.11. The highest BCUT2D eigenvalue weighted by atomic mass is 32.1. The normalized spacial score (nSPS) is 11.2. The molecular formula is C15H14N2O2S. The molecule has 0 amide bonds. The van der Waals surface area contributed by atoms with Gasteiger partial charge in [-0.2, -0.15) is 0 Å². The minimum atomic E-state index is -0.476. The van der Waals surface area contributed by atoms with E-state index in [2.05, 4.69) is 29.9 Å². The largest absolute Gasteiger partial charge is 0.388 e. The van der Waals surface area contributed by atoms with Crippen LogP contribution in [0.5, 0.6) is 0 Å². The molecule has 5 heteroatoms. The lowest BCUT2D eigenvalue weighted by molar-refractivity contribution is 0.0904. The highest BCUT2D eigenvalue weighted by Gasteiger charge is 2.11. The van der Waals surface area contributed by atoms with Gasteiger partial charge in [-0.3, -0.25) is 4.79 Å². The number of nitrogens with zero attached hydrogens (tertiary/aromatic N) is 1. The SMILES string of the molecule is Cc1cc(-c2nc3ccc(C(=O)CO)cc3[nH]2)sc1C. The maximum absolute atomic E-state index is 11.5. The first kappa shape index (κ1) is 13.0. The third kappa shape index (κ3) is 2.15. The highest BCUT2D eigenvalue weighted by molar-refractivity contribution is 7.15. The molecule has 102 valence electrons. The number of rotatable bonds is 3. The summed E-state index contributed by atoms with van der Waals surface area (Å²) < 4.78 is 0. The van der Waals surface area contributed by atoms with E-state index in [4.69, 9.17) is 5.11 Å². The fourth-order valence-electron chi connectivity index (χ4n) is 2.08. The molecule has 0 atom stereocenters. The number of nitrogens with one attached hydrogen (secondary N) is 1. The third-order valence-electron chi connectivity index (χ3n) is 3.35. The van der Waals surface area contributed by atoms with Gasteiger partial charge in [0.15, 0.2) is 5.78 Å². The van der Waals surface area contributed by atoms with E-state index >= 15 is 0 Å². The van der Waals surface area contributed by atoms with Crippen LogP contribution in [0.15, 0.2) is 24.3 Å². The van der Waals surface area contributed by atoms with Crippen molar-refractivity contribution >= 4 is 28.2 Å². The first-order chi connectivity index (χ1) is 9.58. The van der Waals surface area contributed by atoms with E-state index in [0.717, 1.165) is 21.7 Å². The van der Waals surface area contributed by atoms with Crippen LogP contribution in [0, 0.1) is 13.8 Å². The van der Waals surface area contributed by atoms with Crippen molar-refractivity contribution in [1.29, 1.82) is 0 Å². The van der Waals surface area contributed by atoms with Crippen LogP contribution in [0.4, 0.5) is 0 Å². The molecule has 3 rings (SSSR count). The summed E-state index contributed by atoms with van der Waals surface area (Å²) in [6.45, 7) is 3.69. The van der Waals surface area contributed by atoms with Crippen LogP contribution in [0.25, 0.3) is 21.7 Å². The number of benzene rings is 1. The summed E-state index contributed by atoms with van der Waals surface area (Å²) in [7, 11) is 0. The van der Waals surface area contributed by atoms with E-state index in [1.54, 1.807) is 29.5 Å². The number of aliphatic hydroxyl groups excluding tert-OH is 1. The number of aromatic nitrogens is 2. The summed E-state index contributed by atoms with van der Waals surface area (Å²) >= 11 is 1.70. The Morgan fingerprint density at radius 1 is 1.35 bits per heavy atom. The molecule has 0 bridgehead atoms. The third-order valence-corrected chi connectivity index (χ3v) is 4.51. The van der Waals surface area contributed by atoms with Crippen LogP contribution in [0.1, 0.15) is 20.8 Å². The fraction of sp³-hybridized carbons (Fsp3) is 0.200. The average Bonchev–Trinajstić information content (AvgIpc) is 3.01. The summed E-state index contributed by atoms with van der Waals surface area (Å²) in [4.78, 5) is 21.6. The average molecular weight is 286 g/mol. The Morgan fingerprint density at radius 3 is 2.80 bits per heavy atom. The Hall–Kier alpha value is -1.98. The lowest BCUT2D eigenvalue weighted by Gasteiger charge is -1.96.